The van der Waals surface area contributed by atoms with Crippen LogP contribution >= 0.6 is 21.4 Å². The molecule has 0 spiro atoms. The summed E-state index contributed by atoms with van der Waals surface area (Å²) in [5, 5.41) is 10.5. The van der Waals surface area contributed by atoms with Crippen molar-refractivity contribution < 1.29 is 9.90 Å². The molecular weight excluding hydrogens is 312 g/mol. The minimum absolute atomic E-state index is 0.446. The van der Waals surface area contributed by atoms with Gasteiger partial charge in [-0.1, -0.05) is 38.8 Å². The lowest BCUT2D eigenvalue weighted by atomic mass is 10.2. The first kappa shape index (κ1) is 17.4. The Kier molecular flexibility index (Phi) is 5.93. The van der Waals surface area contributed by atoms with E-state index in [1.54, 1.807) is 17.4 Å². The molecule has 2 rings (SSSR count). The highest BCUT2D eigenvalue weighted by Crippen LogP contribution is 2.57. The van der Waals surface area contributed by atoms with Gasteiger partial charge in [-0.2, -0.15) is 0 Å². The van der Waals surface area contributed by atoms with E-state index in [0.29, 0.717) is 5.56 Å². The molecule has 0 aliphatic carbocycles. The quantitative estimate of drug-likeness (QED) is 0.641. The molecule has 0 atom stereocenters. The van der Waals surface area contributed by atoms with Crippen molar-refractivity contribution in [3.05, 3.63) is 29.8 Å². The maximum atomic E-state index is 11.4. The Morgan fingerprint density at radius 2 is 1.82 bits per heavy atom. The van der Waals surface area contributed by atoms with Crippen molar-refractivity contribution in [2.45, 2.75) is 43.7 Å². The Hall–Kier alpha value is -1.00. The summed E-state index contributed by atoms with van der Waals surface area (Å²) in [5.41, 5.74) is 0.446. The van der Waals surface area contributed by atoms with Gasteiger partial charge in [0.25, 0.3) is 0 Å². The van der Waals surface area contributed by atoms with Gasteiger partial charge in [0.2, 0.25) is 0 Å². The molecule has 122 valence electrons. The summed E-state index contributed by atoms with van der Waals surface area (Å²) in [6.45, 7) is 4.49. The van der Waals surface area contributed by atoms with Crippen LogP contribution < -0.4 is 0 Å². The second-order valence-corrected chi connectivity index (χ2v) is 11.1. The van der Waals surface area contributed by atoms with Gasteiger partial charge in [0, 0.05) is 8.91 Å². The van der Waals surface area contributed by atoms with Gasteiger partial charge in [-0.15, -0.1) is 11.3 Å². The minimum Gasteiger partial charge on any atom is -0.478 e. The molecule has 0 fully saturated rings. The molecule has 2 aromatic rings. The summed E-state index contributed by atoms with van der Waals surface area (Å²) in [6, 6.07) is 7.87. The van der Waals surface area contributed by atoms with Crippen molar-refractivity contribution in [2.75, 3.05) is 17.8 Å². The van der Waals surface area contributed by atoms with Crippen molar-refractivity contribution in [3.63, 3.8) is 0 Å². The summed E-state index contributed by atoms with van der Waals surface area (Å²) in [6.07, 6.45) is 7.40. The van der Waals surface area contributed by atoms with Crippen LogP contribution in [0.5, 0.6) is 0 Å². The molecule has 1 heterocycles. The number of fused-ring (bicyclic) bond motifs is 1. The van der Waals surface area contributed by atoms with E-state index in [9.17, 15) is 9.90 Å². The zero-order valence-corrected chi connectivity index (χ0v) is 15.4. The van der Waals surface area contributed by atoms with Crippen LogP contribution in [-0.2, 0) is 0 Å². The molecule has 0 bridgehead atoms. The maximum absolute atomic E-state index is 11.4. The molecule has 4 heteroatoms. The van der Waals surface area contributed by atoms with Gasteiger partial charge in [-0.25, -0.2) is 14.8 Å². The van der Waals surface area contributed by atoms with Gasteiger partial charge >= 0.3 is 5.97 Å². The van der Waals surface area contributed by atoms with Gasteiger partial charge in [0.05, 0.1) is 5.56 Å². The summed E-state index contributed by atoms with van der Waals surface area (Å²) in [4.78, 5) is 11.4. The zero-order chi connectivity index (χ0) is 16.2. The van der Waals surface area contributed by atoms with E-state index in [2.05, 4.69) is 26.2 Å². The normalized spacial score (nSPS) is 12.7. The highest BCUT2D eigenvalue weighted by Gasteiger charge is 2.23. The van der Waals surface area contributed by atoms with Gasteiger partial charge in [-0.3, -0.25) is 0 Å². The number of carboxylic acid groups (broad SMARTS) is 1. The van der Waals surface area contributed by atoms with Crippen LogP contribution in [-0.4, -0.2) is 28.8 Å². The van der Waals surface area contributed by atoms with Crippen molar-refractivity contribution >= 4 is 37.4 Å². The van der Waals surface area contributed by atoms with Gasteiger partial charge in [0.15, 0.2) is 0 Å². The largest absolute Gasteiger partial charge is 0.478 e. The molecule has 0 saturated heterocycles. The molecule has 2 nitrogen and oxygen atoms in total. The Morgan fingerprint density at radius 1 is 1.18 bits per heavy atom. The van der Waals surface area contributed by atoms with Crippen LogP contribution in [0.2, 0.25) is 0 Å². The van der Waals surface area contributed by atoms with Crippen molar-refractivity contribution in [3.8, 4) is 0 Å². The molecule has 1 N–H and O–H groups in total. The smallest absolute Gasteiger partial charge is 0.337 e. The van der Waals surface area contributed by atoms with Gasteiger partial charge in [-0.05, 0) is 48.1 Å². The number of hydrogen-bond donors (Lipinski definition) is 1. The predicted octanol–water partition coefficient (Wildman–Crippen LogP) is 5.99. The van der Waals surface area contributed by atoms with Crippen molar-refractivity contribution in [1.29, 1.82) is 0 Å². The molecule has 0 aliphatic heterocycles. The van der Waals surface area contributed by atoms with Crippen LogP contribution in [0, 0.1) is 0 Å². The fourth-order valence-electron chi connectivity index (χ4n) is 2.68. The Bertz CT molecular complexity index is 638. The fourth-order valence-corrected chi connectivity index (χ4v) is 8.00. The Balaban J connectivity index is 2.45. The monoisotopic (exact) mass is 338 g/mol. The van der Waals surface area contributed by atoms with E-state index in [1.807, 2.05) is 12.1 Å². The molecule has 0 unspecified atom stereocenters. The number of unbranched alkanes of at least 4 members (excludes halogenated alkanes) is 2. The topological polar surface area (TPSA) is 37.3 Å². The molecule has 1 aromatic carbocycles. The van der Waals surface area contributed by atoms with Crippen molar-refractivity contribution in [1.82, 2.24) is 0 Å². The minimum atomic E-state index is -0.821. The number of hydrogen-bond acceptors (Lipinski definition) is 2. The fraction of sp³-hybridized carbons (Fsp3) is 0.500. The number of benzene rings is 1. The second-order valence-electron chi connectivity index (χ2n) is 5.98. The van der Waals surface area contributed by atoms with Crippen LogP contribution in [0.4, 0.5) is 0 Å². The first-order valence-corrected chi connectivity index (χ1v) is 11.2. The zero-order valence-electron chi connectivity index (χ0n) is 13.7. The molecule has 0 saturated carbocycles. The lowest BCUT2D eigenvalue weighted by Gasteiger charge is -2.35. The molecule has 0 aliphatic rings. The average molecular weight is 339 g/mol. The first-order chi connectivity index (χ1) is 10.5. The number of rotatable bonds is 8. The highest BCUT2D eigenvalue weighted by atomic mass is 32.3. The van der Waals surface area contributed by atoms with E-state index in [0.717, 1.165) is 10.1 Å². The van der Waals surface area contributed by atoms with Crippen LogP contribution in [0.15, 0.2) is 28.5 Å². The second kappa shape index (κ2) is 7.51. The lowest BCUT2D eigenvalue weighted by Crippen LogP contribution is -2.07. The maximum Gasteiger partial charge on any atom is 0.337 e. The van der Waals surface area contributed by atoms with E-state index >= 15 is 0 Å². The summed E-state index contributed by atoms with van der Waals surface area (Å²) < 4.78 is 2.37. The van der Waals surface area contributed by atoms with Crippen molar-refractivity contribution in [2.24, 2.45) is 0 Å². The number of thiophene rings is 1. The first-order valence-electron chi connectivity index (χ1n) is 8.01. The summed E-state index contributed by atoms with van der Waals surface area (Å²) in [5.74, 6) is 1.70. The van der Waals surface area contributed by atoms with Gasteiger partial charge < -0.3 is 5.11 Å². The van der Waals surface area contributed by atoms with E-state index in [-0.39, 0.29) is 0 Å². The third-order valence-electron chi connectivity index (χ3n) is 4.13. The molecular formula is C18H26O2S2. The average Bonchev–Trinajstić information content (AvgIpc) is 2.95. The van der Waals surface area contributed by atoms with Crippen LogP contribution in [0.1, 0.15) is 49.9 Å². The molecule has 0 amide bonds. The van der Waals surface area contributed by atoms with E-state index < -0.39 is 16.0 Å². The van der Waals surface area contributed by atoms with E-state index in [1.165, 1.54) is 41.4 Å². The molecule has 22 heavy (non-hydrogen) atoms. The lowest BCUT2D eigenvalue weighted by molar-refractivity contribution is 0.0699. The predicted molar refractivity (Wildman–Crippen MR) is 100 cm³/mol. The summed E-state index contributed by atoms with van der Waals surface area (Å²) in [7, 11) is -0.821. The number of aromatic carboxylic acids is 1. The third-order valence-corrected chi connectivity index (χ3v) is 10.0. The Morgan fingerprint density at radius 3 is 2.36 bits per heavy atom. The molecule has 0 radical (unpaired) electrons. The van der Waals surface area contributed by atoms with Gasteiger partial charge in [0.1, 0.15) is 0 Å². The third kappa shape index (κ3) is 3.66. The SMILES string of the molecule is CCCCS(C)(CCCC)c1cc2cccc(C(=O)O)c2s1. The van der Waals surface area contributed by atoms with Crippen LogP contribution in [0.25, 0.3) is 10.1 Å². The highest BCUT2D eigenvalue weighted by molar-refractivity contribution is 8.34. The number of carboxylic acids is 1. The molecule has 1 aromatic heterocycles. The summed E-state index contributed by atoms with van der Waals surface area (Å²) >= 11 is 1.72. The standard InChI is InChI=1S/C18H26O2S2/c1-4-6-11-22(3,12-7-5-2)16-13-14-9-8-10-15(18(19)20)17(14)21-16/h8-10,13H,4-7,11-12H2,1-3H3,(H,19,20). The van der Waals surface area contributed by atoms with E-state index in [4.69, 9.17) is 0 Å². The number of carbonyl (C=O) groups is 1. The Labute approximate surface area is 138 Å². The van der Waals surface area contributed by atoms with Crippen LogP contribution in [0.3, 0.4) is 0 Å².